The minimum Gasteiger partial charge on any atom is -0.386 e. The van der Waals surface area contributed by atoms with E-state index in [1.54, 1.807) is 0 Å². The molecule has 0 bridgehead atoms. The van der Waals surface area contributed by atoms with E-state index in [0.29, 0.717) is 13.2 Å². The number of aromatic nitrogens is 1. The number of nitrogens with zero attached hydrogens (tertiary/aromatic N) is 2. The van der Waals surface area contributed by atoms with Crippen LogP contribution in [0, 0.1) is 0 Å². The number of hydrogen-bond donors (Lipinski definition) is 1. The van der Waals surface area contributed by atoms with Crippen molar-refractivity contribution in [2.24, 2.45) is 0 Å². The van der Waals surface area contributed by atoms with Crippen LogP contribution < -0.4 is 0 Å². The summed E-state index contributed by atoms with van der Waals surface area (Å²) in [5, 5.41) is 10.2. The highest BCUT2D eigenvalue weighted by molar-refractivity contribution is 5.29. The summed E-state index contributed by atoms with van der Waals surface area (Å²) < 4.78 is 44.2. The molecule has 0 aliphatic carbocycles. The summed E-state index contributed by atoms with van der Waals surface area (Å²) in [7, 11) is 0. The molecule has 1 N–H and O–H groups in total. The Morgan fingerprint density at radius 1 is 1.55 bits per heavy atom. The van der Waals surface area contributed by atoms with Gasteiger partial charge in [-0.1, -0.05) is 6.92 Å². The van der Waals surface area contributed by atoms with Crippen LogP contribution in [0.4, 0.5) is 13.2 Å². The fraction of sp³-hybridized carbons (Fsp3) is 0.615. The van der Waals surface area contributed by atoms with Crippen molar-refractivity contribution in [1.29, 1.82) is 0 Å². The number of morpholine rings is 1. The Bertz CT molecular complexity index is 453. The molecule has 0 saturated carbocycles. The number of aliphatic hydroxyl groups excluding tert-OH is 1. The molecule has 4 nitrogen and oxygen atoms in total. The summed E-state index contributed by atoms with van der Waals surface area (Å²) in [6.45, 7) is 4.26. The molecule has 7 heteroatoms. The summed E-state index contributed by atoms with van der Waals surface area (Å²) in [4.78, 5) is 5.71. The van der Waals surface area contributed by atoms with Gasteiger partial charge >= 0.3 is 6.18 Å². The zero-order chi connectivity index (χ0) is 14.8. The molecule has 2 unspecified atom stereocenters. The Morgan fingerprint density at radius 3 is 2.95 bits per heavy atom. The van der Waals surface area contributed by atoms with Gasteiger partial charge in [0, 0.05) is 31.0 Å². The Hall–Kier alpha value is -1.18. The van der Waals surface area contributed by atoms with Crippen molar-refractivity contribution in [3.63, 3.8) is 0 Å². The zero-order valence-electron chi connectivity index (χ0n) is 11.1. The van der Waals surface area contributed by atoms with Crippen molar-refractivity contribution >= 4 is 0 Å². The molecule has 2 heterocycles. The number of rotatable bonds is 3. The molecule has 1 aromatic heterocycles. The Kier molecular flexibility index (Phi) is 4.62. The number of halogens is 3. The minimum atomic E-state index is -4.52. The van der Waals surface area contributed by atoms with Gasteiger partial charge in [0.25, 0.3) is 0 Å². The van der Waals surface area contributed by atoms with E-state index in [1.807, 2.05) is 11.8 Å². The summed E-state index contributed by atoms with van der Waals surface area (Å²) in [6.07, 6.45) is -4.40. The maximum absolute atomic E-state index is 12.9. The van der Waals surface area contributed by atoms with Crippen molar-refractivity contribution in [3.05, 3.63) is 29.6 Å². The first-order chi connectivity index (χ1) is 9.43. The van der Waals surface area contributed by atoms with Gasteiger partial charge in [-0.05, 0) is 12.6 Å². The van der Waals surface area contributed by atoms with E-state index in [-0.39, 0.29) is 5.56 Å². The molecule has 2 rings (SSSR count). The van der Waals surface area contributed by atoms with Crippen LogP contribution in [0.2, 0.25) is 0 Å². The van der Waals surface area contributed by atoms with Gasteiger partial charge in [-0.2, -0.15) is 13.2 Å². The second kappa shape index (κ2) is 6.07. The number of likely N-dealkylation sites (N-methyl/N-ethyl adjacent to an activating group) is 1. The molecule has 0 spiro atoms. The molecule has 1 fully saturated rings. The maximum atomic E-state index is 12.9. The Labute approximate surface area is 115 Å². The first-order valence-electron chi connectivity index (χ1n) is 6.46. The fourth-order valence-corrected chi connectivity index (χ4v) is 2.31. The molecule has 0 amide bonds. The van der Waals surface area contributed by atoms with Crippen LogP contribution in [-0.2, 0) is 10.9 Å². The van der Waals surface area contributed by atoms with Crippen LogP contribution in [0.25, 0.3) is 0 Å². The standard InChI is InChI=1S/C13H17F3N2O2/c1-2-18-5-6-20-11(8-18)12(19)9-7-17-4-3-10(9)13(14,15)16/h3-4,7,11-12,19H,2,5-6,8H2,1H3. The molecule has 112 valence electrons. The summed E-state index contributed by atoms with van der Waals surface area (Å²) >= 11 is 0. The molecule has 0 radical (unpaired) electrons. The van der Waals surface area contributed by atoms with Crippen LogP contribution >= 0.6 is 0 Å². The van der Waals surface area contributed by atoms with E-state index in [4.69, 9.17) is 4.74 Å². The first kappa shape index (κ1) is 15.2. The number of pyridine rings is 1. The highest BCUT2D eigenvalue weighted by Gasteiger charge is 2.37. The van der Waals surface area contributed by atoms with E-state index >= 15 is 0 Å². The molecule has 1 saturated heterocycles. The van der Waals surface area contributed by atoms with E-state index < -0.39 is 23.9 Å². The molecule has 1 aliphatic rings. The second-order valence-electron chi connectivity index (χ2n) is 4.71. The van der Waals surface area contributed by atoms with Gasteiger partial charge in [0.05, 0.1) is 12.2 Å². The number of hydrogen-bond acceptors (Lipinski definition) is 4. The van der Waals surface area contributed by atoms with E-state index in [0.717, 1.165) is 31.5 Å². The molecule has 1 aromatic rings. The lowest BCUT2D eigenvalue weighted by atomic mass is 9.99. The molecule has 1 aliphatic heterocycles. The van der Waals surface area contributed by atoms with Gasteiger partial charge in [0.15, 0.2) is 0 Å². The Morgan fingerprint density at radius 2 is 2.30 bits per heavy atom. The summed E-state index contributed by atoms with van der Waals surface area (Å²) in [6, 6.07) is 0.874. The van der Waals surface area contributed by atoms with Crippen LogP contribution in [0.1, 0.15) is 24.2 Å². The third-order valence-corrected chi connectivity index (χ3v) is 3.45. The molecular formula is C13H17F3N2O2. The molecule has 2 atom stereocenters. The average Bonchev–Trinajstić information content (AvgIpc) is 2.45. The maximum Gasteiger partial charge on any atom is 0.416 e. The van der Waals surface area contributed by atoms with E-state index in [1.165, 1.54) is 0 Å². The van der Waals surface area contributed by atoms with Crippen molar-refractivity contribution in [2.75, 3.05) is 26.2 Å². The lowest BCUT2D eigenvalue weighted by molar-refractivity contribution is -0.141. The van der Waals surface area contributed by atoms with Gasteiger partial charge in [-0.25, -0.2) is 0 Å². The lowest BCUT2D eigenvalue weighted by Gasteiger charge is -2.35. The summed E-state index contributed by atoms with van der Waals surface area (Å²) in [5.74, 6) is 0. The highest BCUT2D eigenvalue weighted by atomic mass is 19.4. The first-order valence-corrected chi connectivity index (χ1v) is 6.46. The smallest absolute Gasteiger partial charge is 0.386 e. The van der Waals surface area contributed by atoms with Gasteiger partial charge in [0.2, 0.25) is 0 Å². The third-order valence-electron chi connectivity index (χ3n) is 3.45. The van der Waals surface area contributed by atoms with Crippen LogP contribution in [-0.4, -0.2) is 47.3 Å². The summed E-state index contributed by atoms with van der Waals surface area (Å²) in [5.41, 5.74) is -1.10. The molecule has 0 aromatic carbocycles. The fourth-order valence-electron chi connectivity index (χ4n) is 2.31. The van der Waals surface area contributed by atoms with Gasteiger partial charge in [0.1, 0.15) is 12.2 Å². The SMILES string of the molecule is CCN1CCOC(C(O)c2cnccc2C(F)(F)F)C1. The zero-order valence-corrected chi connectivity index (χ0v) is 11.1. The lowest BCUT2D eigenvalue weighted by Crippen LogP contribution is -2.45. The molecule has 20 heavy (non-hydrogen) atoms. The highest BCUT2D eigenvalue weighted by Crippen LogP contribution is 2.35. The van der Waals surface area contributed by atoms with Gasteiger partial charge < -0.3 is 9.84 Å². The normalized spacial score (nSPS) is 22.8. The number of aliphatic hydroxyl groups is 1. The molecular weight excluding hydrogens is 273 g/mol. The number of ether oxygens (including phenoxy) is 1. The monoisotopic (exact) mass is 290 g/mol. The quantitative estimate of drug-likeness (QED) is 0.923. The topological polar surface area (TPSA) is 45.6 Å². The van der Waals surface area contributed by atoms with E-state index in [9.17, 15) is 18.3 Å². The second-order valence-corrected chi connectivity index (χ2v) is 4.71. The minimum absolute atomic E-state index is 0.233. The predicted octanol–water partition coefficient (Wildman–Crippen LogP) is 1.85. The van der Waals surface area contributed by atoms with Gasteiger partial charge in [-0.15, -0.1) is 0 Å². The van der Waals surface area contributed by atoms with Crippen LogP contribution in [0.15, 0.2) is 18.5 Å². The number of alkyl halides is 3. The van der Waals surface area contributed by atoms with Gasteiger partial charge in [-0.3, -0.25) is 9.88 Å². The van der Waals surface area contributed by atoms with Crippen molar-refractivity contribution < 1.29 is 23.0 Å². The third kappa shape index (κ3) is 3.28. The van der Waals surface area contributed by atoms with Crippen molar-refractivity contribution in [1.82, 2.24) is 9.88 Å². The van der Waals surface area contributed by atoms with Crippen molar-refractivity contribution in [2.45, 2.75) is 25.3 Å². The van der Waals surface area contributed by atoms with Crippen LogP contribution in [0.3, 0.4) is 0 Å². The average molecular weight is 290 g/mol. The Balaban J connectivity index is 2.23. The predicted molar refractivity (Wildman–Crippen MR) is 66.1 cm³/mol. The largest absolute Gasteiger partial charge is 0.416 e. The van der Waals surface area contributed by atoms with Crippen LogP contribution in [0.5, 0.6) is 0 Å². The van der Waals surface area contributed by atoms with Crippen molar-refractivity contribution in [3.8, 4) is 0 Å². The van der Waals surface area contributed by atoms with E-state index in [2.05, 4.69) is 4.98 Å².